The highest BCUT2D eigenvalue weighted by molar-refractivity contribution is 5.76. The monoisotopic (exact) mass is 388 g/mol. The highest BCUT2D eigenvalue weighted by Crippen LogP contribution is 2.32. The van der Waals surface area contributed by atoms with Crippen LogP contribution in [0.2, 0.25) is 0 Å². The van der Waals surface area contributed by atoms with Crippen molar-refractivity contribution in [2.45, 2.75) is 13.5 Å². The lowest BCUT2D eigenvalue weighted by atomic mass is 10.1. The molecule has 0 saturated heterocycles. The molecule has 1 aromatic heterocycles. The maximum atomic E-state index is 5.77. The van der Waals surface area contributed by atoms with Gasteiger partial charge in [0.2, 0.25) is 0 Å². The molecular weight excluding hydrogens is 360 g/mol. The Bertz CT molecular complexity index is 981. The van der Waals surface area contributed by atoms with Gasteiger partial charge in [-0.2, -0.15) is 0 Å². The third-order valence-corrected chi connectivity index (χ3v) is 4.66. The molecule has 6 heteroatoms. The second-order valence-electron chi connectivity index (χ2n) is 6.85. The second kappa shape index (κ2) is 9.12. The summed E-state index contributed by atoms with van der Waals surface area (Å²) in [7, 11) is 1.89. The minimum Gasteiger partial charge on any atom is -0.386 e. The number of rotatable bonds is 8. The average molecular weight is 389 g/mol. The Labute approximate surface area is 172 Å². The summed E-state index contributed by atoms with van der Waals surface area (Å²) in [6, 6.07) is 20.5. The van der Waals surface area contributed by atoms with Crippen LogP contribution in [0.3, 0.4) is 0 Å². The summed E-state index contributed by atoms with van der Waals surface area (Å²) in [6.45, 7) is 6.75. The van der Waals surface area contributed by atoms with Crippen molar-refractivity contribution in [1.82, 2.24) is 10.3 Å². The van der Waals surface area contributed by atoms with Crippen LogP contribution in [0.1, 0.15) is 11.1 Å². The molecule has 0 bridgehead atoms. The number of anilines is 3. The van der Waals surface area contributed by atoms with E-state index in [0.717, 1.165) is 34.0 Å². The van der Waals surface area contributed by atoms with Gasteiger partial charge in [0.15, 0.2) is 5.82 Å². The Morgan fingerprint density at radius 3 is 2.48 bits per heavy atom. The van der Waals surface area contributed by atoms with Gasteiger partial charge in [0.1, 0.15) is 0 Å². The van der Waals surface area contributed by atoms with Crippen LogP contribution in [0.15, 0.2) is 73.1 Å². The maximum Gasteiger partial charge on any atom is 0.158 e. The Morgan fingerprint density at radius 2 is 1.86 bits per heavy atom. The quantitative estimate of drug-likeness (QED) is 0.440. The summed E-state index contributed by atoms with van der Waals surface area (Å²) in [5.74, 6) is 1.19. The van der Waals surface area contributed by atoms with Gasteiger partial charge in [-0.3, -0.25) is 0 Å². The zero-order valence-corrected chi connectivity index (χ0v) is 16.9. The van der Waals surface area contributed by atoms with Crippen LogP contribution >= 0.6 is 0 Å². The molecule has 0 atom stereocenters. The fourth-order valence-corrected chi connectivity index (χ4v) is 3.10. The third kappa shape index (κ3) is 4.86. The largest absolute Gasteiger partial charge is 0.386 e. The van der Waals surface area contributed by atoms with E-state index < -0.39 is 0 Å². The standard InChI is InChI=1S/C23H28N6/c1-16-5-4-6-19(13-16)21-11-12-22(26-3)23(28-21)29(15-27-17(2)25)20-9-7-18(14-24)8-10-20/h4-13,26-27H,2,14-15,24-25H2,1,3H3. The van der Waals surface area contributed by atoms with Gasteiger partial charge in [0, 0.05) is 24.8 Å². The van der Waals surface area contributed by atoms with Gasteiger partial charge in [-0.25, -0.2) is 4.98 Å². The summed E-state index contributed by atoms with van der Waals surface area (Å²) < 4.78 is 0. The van der Waals surface area contributed by atoms with Crippen molar-refractivity contribution in [3.05, 3.63) is 84.2 Å². The molecule has 0 aliphatic rings. The topological polar surface area (TPSA) is 92.2 Å². The lowest BCUT2D eigenvalue weighted by Crippen LogP contribution is -2.33. The SMILES string of the molecule is C=C(N)NCN(c1ccc(CN)cc1)c1nc(-c2cccc(C)c2)ccc1NC. The molecule has 0 amide bonds. The van der Waals surface area contributed by atoms with E-state index in [1.54, 1.807) is 0 Å². The number of nitrogens with two attached hydrogens (primary N) is 2. The van der Waals surface area contributed by atoms with Crippen LogP contribution in [0, 0.1) is 6.92 Å². The van der Waals surface area contributed by atoms with Crippen LogP contribution in [0.5, 0.6) is 0 Å². The van der Waals surface area contributed by atoms with Crippen molar-refractivity contribution < 1.29 is 0 Å². The van der Waals surface area contributed by atoms with Gasteiger partial charge >= 0.3 is 0 Å². The van der Waals surface area contributed by atoms with Crippen molar-refractivity contribution in [1.29, 1.82) is 0 Å². The Morgan fingerprint density at radius 1 is 1.10 bits per heavy atom. The molecule has 29 heavy (non-hydrogen) atoms. The molecule has 0 aliphatic heterocycles. The van der Waals surface area contributed by atoms with E-state index in [0.29, 0.717) is 19.0 Å². The van der Waals surface area contributed by atoms with Crippen LogP contribution < -0.4 is 27.0 Å². The molecule has 2 aromatic carbocycles. The number of nitrogens with one attached hydrogen (secondary N) is 2. The van der Waals surface area contributed by atoms with Crippen molar-refractivity contribution in [3.63, 3.8) is 0 Å². The van der Waals surface area contributed by atoms with E-state index >= 15 is 0 Å². The molecule has 3 aromatic rings. The highest BCUT2D eigenvalue weighted by atomic mass is 15.3. The lowest BCUT2D eigenvalue weighted by Gasteiger charge is -2.27. The zero-order chi connectivity index (χ0) is 20.8. The number of benzene rings is 2. The molecular formula is C23H28N6. The van der Waals surface area contributed by atoms with Gasteiger partial charge in [-0.1, -0.05) is 42.5 Å². The number of aromatic nitrogens is 1. The van der Waals surface area contributed by atoms with E-state index in [9.17, 15) is 0 Å². The van der Waals surface area contributed by atoms with Gasteiger partial charge in [-0.05, 0) is 42.8 Å². The summed E-state index contributed by atoms with van der Waals surface area (Å²) in [6.07, 6.45) is 0. The van der Waals surface area contributed by atoms with E-state index in [4.69, 9.17) is 16.5 Å². The summed E-state index contributed by atoms with van der Waals surface area (Å²) in [4.78, 5) is 7.04. The molecule has 1 heterocycles. The van der Waals surface area contributed by atoms with Gasteiger partial charge in [0.25, 0.3) is 0 Å². The normalized spacial score (nSPS) is 10.4. The first-order valence-electron chi connectivity index (χ1n) is 9.52. The molecule has 6 nitrogen and oxygen atoms in total. The number of hydrogen-bond acceptors (Lipinski definition) is 6. The predicted molar refractivity (Wildman–Crippen MR) is 122 cm³/mol. The van der Waals surface area contributed by atoms with Gasteiger partial charge < -0.3 is 27.0 Å². The van der Waals surface area contributed by atoms with E-state index in [-0.39, 0.29) is 0 Å². The highest BCUT2D eigenvalue weighted by Gasteiger charge is 2.16. The van der Waals surface area contributed by atoms with E-state index in [1.165, 1.54) is 5.56 Å². The first-order valence-corrected chi connectivity index (χ1v) is 9.52. The molecule has 0 saturated carbocycles. The average Bonchev–Trinajstić information content (AvgIpc) is 2.74. The molecule has 6 N–H and O–H groups in total. The maximum absolute atomic E-state index is 5.77. The van der Waals surface area contributed by atoms with Gasteiger partial charge in [-0.15, -0.1) is 0 Å². The van der Waals surface area contributed by atoms with Crippen LogP contribution in [-0.4, -0.2) is 18.7 Å². The third-order valence-electron chi connectivity index (χ3n) is 4.66. The zero-order valence-electron chi connectivity index (χ0n) is 16.9. The summed E-state index contributed by atoms with van der Waals surface area (Å²) in [5, 5.41) is 6.35. The first-order chi connectivity index (χ1) is 14.0. The fraction of sp³-hybridized carbons (Fsp3) is 0.174. The molecule has 0 unspecified atom stereocenters. The number of nitrogens with zero attached hydrogens (tertiary/aromatic N) is 2. The van der Waals surface area contributed by atoms with Gasteiger partial charge in [0.05, 0.1) is 23.9 Å². The van der Waals surface area contributed by atoms with E-state index in [2.05, 4.69) is 47.2 Å². The Hall–Kier alpha value is -3.51. The first kappa shape index (κ1) is 20.2. The summed E-state index contributed by atoms with van der Waals surface area (Å²) in [5.41, 5.74) is 17.6. The number of hydrogen-bond donors (Lipinski definition) is 4. The second-order valence-corrected chi connectivity index (χ2v) is 6.85. The molecule has 150 valence electrons. The summed E-state index contributed by atoms with van der Waals surface area (Å²) >= 11 is 0. The van der Waals surface area contributed by atoms with Crippen LogP contribution in [0.25, 0.3) is 11.3 Å². The molecule has 3 rings (SSSR count). The van der Waals surface area contributed by atoms with E-state index in [1.807, 2.05) is 49.5 Å². The molecule has 0 aliphatic carbocycles. The van der Waals surface area contributed by atoms with Crippen molar-refractivity contribution >= 4 is 17.2 Å². The minimum absolute atomic E-state index is 0.398. The predicted octanol–water partition coefficient (Wildman–Crippen LogP) is 3.67. The minimum atomic E-state index is 0.398. The van der Waals surface area contributed by atoms with Crippen LogP contribution in [-0.2, 0) is 6.54 Å². The molecule has 0 radical (unpaired) electrons. The van der Waals surface area contributed by atoms with Crippen LogP contribution in [0.4, 0.5) is 17.2 Å². The Balaban J connectivity index is 2.08. The smallest absolute Gasteiger partial charge is 0.158 e. The van der Waals surface area contributed by atoms with Crippen molar-refractivity contribution in [3.8, 4) is 11.3 Å². The number of pyridine rings is 1. The fourth-order valence-electron chi connectivity index (χ4n) is 3.10. The molecule has 0 spiro atoms. The van der Waals surface area contributed by atoms with Crippen molar-refractivity contribution in [2.75, 3.05) is 23.9 Å². The lowest BCUT2D eigenvalue weighted by molar-refractivity contribution is 0.784. The Kier molecular flexibility index (Phi) is 6.36. The van der Waals surface area contributed by atoms with Crippen molar-refractivity contribution in [2.24, 2.45) is 11.5 Å². The number of aryl methyl sites for hydroxylation is 1. The molecule has 0 fully saturated rings.